The second kappa shape index (κ2) is 6.53. The molecule has 0 bridgehead atoms. The molecule has 0 aromatic heterocycles. The molecular formula is C15H13Cl3Te. The average molecular weight is 427 g/mol. The zero-order valence-corrected chi connectivity index (χ0v) is 14.9. The van der Waals surface area contributed by atoms with Gasteiger partial charge in [-0.15, -0.1) is 0 Å². The van der Waals surface area contributed by atoms with Gasteiger partial charge in [0.05, 0.1) is 0 Å². The standard InChI is InChI=1S/C15H13Cl3Te/c1-12-7-9-14(10-8-12)19(17,18)11-15(16)13-5-3-2-4-6-13/h2-11H,1H3/b15-11-. The van der Waals surface area contributed by atoms with Crippen molar-refractivity contribution in [1.29, 1.82) is 0 Å². The zero-order chi connectivity index (χ0) is 13.9. The SMILES string of the molecule is Cc1ccc([Te](Cl)(Cl)/C=C(\Cl)c2ccccc2)cc1. The van der Waals surface area contributed by atoms with Crippen molar-refractivity contribution >= 4 is 54.1 Å². The van der Waals surface area contributed by atoms with E-state index in [-0.39, 0.29) is 0 Å². The molecule has 4 heteroatoms. The van der Waals surface area contributed by atoms with E-state index in [4.69, 9.17) is 29.5 Å². The molecule has 2 aromatic rings. The molecule has 0 fully saturated rings. The Morgan fingerprint density at radius 2 is 1.53 bits per heavy atom. The van der Waals surface area contributed by atoms with Crippen LogP contribution in [0, 0.1) is 6.92 Å². The summed E-state index contributed by atoms with van der Waals surface area (Å²) in [5.41, 5.74) is 2.13. The summed E-state index contributed by atoms with van der Waals surface area (Å²) in [4.78, 5) is 0. The topological polar surface area (TPSA) is 0 Å². The van der Waals surface area contributed by atoms with Crippen molar-refractivity contribution in [3.8, 4) is 0 Å². The van der Waals surface area contributed by atoms with Crippen molar-refractivity contribution in [1.82, 2.24) is 0 Å². The molecule has 19 heavy (non-hydrogen) atoms. The third-order valence-corrected chi connectivity index (χ3v) is 11.0. The van der Waals surface area contributed by atoms with Gasteiger partial charge in [-0.3, -0.25) is 0 Å². The van der Waals surface area contributed by atoms with Gasteiger partial charge in [0.1, 0.15) is 0 Å². The van der Waals surface area contributed by atoms with Crippen LogP contribution in [0.2, 0.25) is 0 Å². The molecule has 100 valence electrons. The fourth-order valence-corrected chi connectivity index (χ4v) is 8.74. The van der Waals surface area contributed by atoms with Crippen molar-refractivity contribution < 1.29 is 0 Å². The summed E-state index contributed by atoms with van der Waals surface area (Å²) in [6.07, 6.45) is 0. The molecule has 2 aromatic carbocycles. The van der Waals surface area contributed by atoms with E-state index in [1.54, 1.807) is 0 Å². The van der Waals surface area contributed by atoms with Crippen LogP contribution in [0.25, 0.3) is 5.03 Å². The van der Waals surface area contributed by atoms with Gasteiger partial charge in [0.2, 0.25) is 0 Å². The Morgan fingerprint density at radius 1 is 0.947 bits per heavy atom. The van der Waals surface area contributed by atoms with Gasteiger partial charge in [-0.1, -0.05) is 0 Å². The average Bonchev–Trinajstić information content (AvgIpc) is 2.40. The van der Waals surface area contributed by atoms with Crippen LogP contribution in [0.3, 0.4) is 0 Å². The summed E-state index contributed by atoms with van der Waals surface area (Å²) in [7, 11) is 13.1. The summed E-state index contributed by atoms with van der Waals surface area (Å²) >= 11 is 3.04. The molecule has 0 nitrogen and oxygen atoms in total. The molecule has 0 radical (unpaired) electrons. The van der Waals surface area contributed by atoms with Crippen molar-refractivity contribution in [2.24, 2.45) is 0 Å². The Bertz CT molecular complexity index is 574. The molecule has 0 aliphatic rings. The first-order chi connectivity index (χ1) is 8.99. The van der Waals surface area contributed by atoms with E-state index in [1.807, 2.05) is 65.6 Å². The van der Waals surface area contributed by atoms with E-state index in [1.165, 1.54) is 5.56 Å². The van der Waals surface area contributed by atoms with Gasteiger partial charge in [-0.25, -0.2) is 0 Å². The second-order valence-electron chi connectivity index (χ2n) is 4.15. The Morgan fingerprint density at radius 3 is 2.11 bits per heavy atom. The van der Waals surface area contributed by atoms with Gasteiger partial charge in [-0.2, -0.15) is 0 Å². The molecule has 0 aliphatic carbocycles. The van der Waals surface area contributed by atoms with E-state index in [2.05, 4.69) is 0 Å². The molecular weight excluding hydrogens is 414 g/mol. The number of aryl methyl sites for hydroxylation is 1. The van der Waals surface area contributed by atoms with Crippen molar-refractivity contribution in [2.75, 3.05) is 0 Å². The minimum atomic E-state index is -3.27. The third kappa shape index (κ3) is 4.15. The van der Waals surface area contributed by atoms with Crippen LogP contribution in [-0.4, -0.2) is 15.9 Å². The Labute approximate surface area is 130 Å². The van der Waals surface area contributed by atoms with Gasteiger partial charge in [-0.05, 0) is 0 Å². The van der Waals surface area contributed by atoms with Gasteiger partial charge in [0, 0.05) is 0 Å². The Balaban J connectivity index is 2.32. The van der Waals surface area contributed by atoms with Crippen molar-refractivity contribution in [3.05, 3.63) is 69.8 Å². The molecule has 0 atom stereocenters. The first-order valence-corrected chi connectivity index (χ1v) is 14.5. The quantitative estimate of drug-likeness (QED) is 0.609. The van der Waals surface area contributed by atoms with E-state index in [0.717, 1.165) is 9.17 Å². The van der Waals surface area contributed by atoms with Gasteiger partial charge in [0.25, 0.3) is 0 Å². The minimum absolute atomic E-state index is 0.618. The van der Waals surface area contributed by atoms with E-state index >= 15 is 0 Å². The predicted molar refractivity (Wildman–Crippen MR) is 88.5 cm³/mol. The van der Waals surface area contributed by atoms with Gasteiger partial charge in [0.15, 0.2) is 0 Å². The second-order valence-corrected chi connectivity index (χ2v) is 17.1. The Kier molecular flexibility index (Phi) is 5.23. The normalized spacial score (nSPS) is 13.4. The van der Waals surface area contributed by atoms with E-state index in [0.29, 0.717) is 5.03 Å². The summed E-state index contributed by atoms with van der Waals surface area (Å²) < 4.78 is 2.83. The fraction of sp³-hybridized carbons (Fsp3) is 0.0667. The summed E-state index contributed by atoms with van der Waals surface area (Å²) in [5, 5.41) is 0.618. The first kappa shape index (κ1) is 15.2. The first-order valence-electron chi connectivity index (χ1n) is 5.71. The van der Waals surface area contributed by atoms with Crippen molar-refractivity contribution in [3.63, 3.8) is 0 Å². The maximum atomic E-state index is 6.55. The number of benzene rings is 2. The van der Waals surface area contributed by atoms with Crippen LogP contribution in [0.5, 0.6) is 0 Å². The van der Waals surface area contributed by atoms with Crippen LogP contribution >= 0.6 is 29.5 Å². The van der Waals surface area contributed by atoms with Crippen LogP contribution < -0.4 is 3.61 Å². The summed E-state index contributed by atoms with van der Waals surface area (Å²) in [5.74, 6) is 0. The molecule has 0 heterocycles. The van der Waals surface area contributed by atoms with E-state index < -0.39 is 15.9 Å². The molecule has 0 unspecified atom stereocenters. The Hall–Kier alpha value is -0.160. The molecule has 2 rings (SSSR count). The molecule has 0 aliphatic heterocycles. The van der Waals surface area contributed by atoms with Crippen LogP contribution in [0.15, 0.2) is 58.7 Å². The van der Waals surface area contributed by atoms with E-state index in [9.17, 15) is 0 Å². The predicted octanol–water partition coefficient (Wildman–Crippen LogP) is 4.94. The molecule has 0 N–H and O–H groups in total. The van der Waals surface area contributed by atoms with Crippen LogP contribution in [0.1, 0.15) is 11.1 Å². The summed E-state index contributed by atoms with van der Waals surface area (Å²) in [6.45, 7) is 2.04. The van der Waals surface area contributed by atoms with Crippen LogP contribution in [0.4, 0.5) is 0 Å². The molecule has 0 amide bonds. The molecule has 0 saturated carbocycles. The number of hydrogen-bond acceptors (Lipinski definition) is 0. The number of hydrogen-bond donors (Lipinski definition) is 0. The fourth-order valence-electron chi connectivity index (χ4n) is 1.58. The number of rotatable bonds is 3. The molecule has 0 spiro atoms. The third-order valence-electron chi connectivity index (χ3n) is 2.64. The monoisotopic (exact) mass is 428 g/mol. The zero-order valence-electron chi connectivity index (χ0n) is 10.3. The molecule has 0 saturated heterocycles. The maximum absolute atomic E-state index is 6.55. The van der Waals surface area contributed by atoms with Gasteiger partial charge < -0.3 is 0 Å². The summed E-state index contributed by atoms with van der Waals surface area (Å²) in [6, 6.07) is 17.7. The van der Waals surface area contributed by atoms with Gasteiger partial charge >= 0.3 is 131 Å². The van der Waals surface area contributed by atoms with Crippen LogP contribution in [-0.2, 0) is 0 Å². The van der Waals surface area contributed by atoms with Crippen molar-refractivity contribution in [2.45, 2.75) is 6.92 Å². The number of halogens is 3.